The molecule has 8 nitrogen and oxygen atoms in total. The topological polar surface area (TPSA) is 110 Å². The number of methoxy groups -OCH3 is 1. The number of nitriles is 1. The first-order valence-electron chi connectivity index (χ1n) is 8.65. The summed E-state index contributed by atoms with van der Waals surface area (Å²) in [6.45, 7) is 0.458. The van der Waals surface area contributed by atoms with Crippen molar-refractivity contribution in [1.82, 2.24) is 15.1 Å². The number of carbonyl (C=O) groups excluding carboxylic acids is 2. The Balaban J connectivity index is 1.97. The number of hydrogen-bond donors (Lipinski definition) is 1. The van der Waals surface area contributed by atoms with Gasteiger partial charge < -0.3 is 14.5 Å². The number of Topliss-reactive ketones (excluding diaryl/α,β-unsaturated/α-hetero) is 1. The van der Waals surface area contributed by atoms with E-state index >= 15 is 0 Å². The second kappa shape index (κ2) is 9.19. The van der Waals surface area contributed by atoms with Gasteiger partial charge >= 0.3 is 0 Å². The highest BCUT2D eigenvalue weighted by molar-refractivity contribution is 6.30. The summed E-state index contributed by atoms with van der Waals surface area (Å²) in [6, 6.07) is 13.5. The molecule has 0 saturated carbocycles. The first-order valence-corrected chi connectivity index (χ1v) is 9.03. The molecule has 1 unspecified atom stereocenters. The summed E-state index contributed by atoms with van der Waals surface area (Å²) in [5.41, 5.74) is 1.04. The summed E-state index contributed by atoms with van der Waals surface area (Å²) in [5, 5.41) is 16.7. The molecule has 2 aromatic heterocycles. The number of carbonyl (C=O) groups is 2. The second-order valence-electron chi connectivity index (χ2n) is 5.99. The maximum Gasteiger partial charge on any atom is 0.245 e. The molecule has 0 aliphatic heterocycles. The van der Waals surface area contributed by atoms with E-state index in [1.807, 2.05) is 0 Å². The number of hydrogen-bond acceptors (Lipinski definition) is 6. The molecule has 1 amide bonds. The highest BCUT2D eigenvalue weighted by atomic mass is 35.5. The van der Waals surface area contributed by atoms with E-state index < -0.39 is 17.6 Å². The van der Waals surface area contributed by atoms with Crippen molar-refractivity contribution < 1.29 is 18.7 Å². The molecule has 0 fully saturated rings. The van der Waals surface area contributed by atoms with E-state index in [1.165, 1.54) is 24.1 Å². The minimum atomic E-state index is -1.53. The molecule has 148 valence electrons. The number of amides is 1. The van der Waals surface area contributed by atoms with Crippen LogP contribution in [0.4, 0.5) is 0 Å². The Morgan fingerprint density at radius 2 is 2.17 bits per heavy atom. The van der Waals surface area contributed by atoms with Gasteiger partial charge in [-0.15, -0.1) is 0 Å². The molecular formula is C20H17ClN4O4. The zero-order valence-electron chi connectivity index (χ0n) is 15.5. The van der Waals surface area contributed by atoms with Gasteiger partial charge in [0.2, 0.25) is 11.7 Å². The number of halogens is 1. The Hall–Kier alpha value is -3.41. The van der Waals surface area contributed by atoms with Crippen molar-refractivity contribution in [1.29, 1.82) is 5.26 Å². The van der Waals surface area contributed by atoms with Crippen LogP contribution in [0.25, 0.3) is 17.1 Å². The third kappa shape index (κ3) is 4.54. The lowest BCUT2D eigenvalue weighted by Gasteiger charge is -2.08. The number of rotatable bonds is 8. The SMILES string of the molecule is COCCNC(=O)C(C#N)C(=O)c1cc(-c2ccco2)n(-c2cccc(Cl)c2)n1. The highest BCUT2D eigenvalue weighted by Crippen LogP contribution is 2.26. The van der Waals surface area contributed by atoms with Crippen molar-refractivity contribution in [3.05, 3.63) is 59.4 Å². The molecule has 2 heterocycles. The van der Waals surface area contributed by atoms with Gasteiger partial charge in [-0.05, 0) is 36.4 Å². The van der Waals surface area contributed by atoms with E-state index in [2.05, 4.69) is 10.4 Å². The van der Waals surface area contributed by atoms with Crippen molar-refractivity contribution in [2.75, 3.05) is 20.3 Å². The van der Waals surface area contributed by atoms with Crippen molar-refractivity contribution in [2.45, 2.75) is 0 Å². The fraction of sp³-hybridized carbons (Fsp3) is 0.200. The Labute approximate surface area is 171 Å². The molecular weight excluding hydrogens is 396 g/mol. The lowest BCUT2D eigenvalue weighted by molar-refractivity contribution is -0.122. The van der Waals surface area contributed by atoms with Gasteiger partial charge in [0.25, 0.3) is 0 Å². The quantitative estimate of drug-likeness (QED) is 0.346. The molecule has 0 bridgehead atoms. The summed E-state index contributed by atoms with van der Waals surface area (Å²) >= 11 is 6.08. The fourth-order valence-corrected chi connectivity index (χ4v) is 2.85. The molecule has 0 radical (unpaired) electrons. The van der Waals surface area contributed by atoms with Crippen LogP contribution in [0.2, 0.25) is 5.02 Å². The Morgan fingerprint density at radius 3 is 2.83 bits per heavy atom. The lowest BCUT2D eigenvalue weighted by Crippen LogP contribution is -2.36. The minimum absolute atomic E-state index is 0.0372. The Kier molecular flexibility index (Phi) is 6.44. The van der Waals surface area contributed by atoms with Gasteiger partial charge in [0.05, 0.1) is 24.6 Å². The van der Waals surface area contributed by atoms with Crippen LogP contribution in [0.1, 0.15) is 10.5 Å². The summed E-state index contributed by atoms with van der Waals surface area (Å²) in [4.78, 5) is 25.1. The van der Waals surface area contributed by atoms with Gasteiger partial charge in [0.15, 0.2) is 11.7 Å². The van der Waals surface area contributed by atoms with E-state index in [4.69, 9.17) is 20.8 Å². The van der Waals surface area contributed by atoms with Crippen molar-refractivity contribution in [3.8, 4) is 23.2 Å². The minimum Gasteiger partial charge on any atom is -0.463 e. The van der Waals surface area contributed by atoms with Gasteiger partial charge in [-0.25, -0.2) is 4.68 Å². The monoisotopic (exact) mass is 412 g/mol. The van der Waals surface area contributed by atoms with Gasteiger partial charge in [0, 0.05) is 18.7 Å². The van der Waals surface area contributed by atoms with Gasteiger partial charge in [-0.2, -0.15) is 10.4 Å². The summed E-state index contributed by atoms with van der Waals surface area (Å²) in [7, 11) is 1.48. The number of benzene rings is 1. The molecule has 0 spiro atoms. The largest absolute Gasteiger partial charge is 0.463 e. The summed E-state index contributed by atoms with van der Waals surface area (Å²) in [5.74, 6) is -2.48. The maximum atomic E-state index is 12.8. The molecule has 29 heavy (non-hydrogen) atoms. The third-order valence-corrected chi connectivity index (χ3v) is 4.28. The Morgan fingerprint density at radius 1 is 1.34 bits per heavy atom. The molecule has 0 saturated heterocycles. The average Bonchev–Trinajstić information content (AvgIpc) is 3.38. The zero-order chi connectivity index (χ0) is 20.8. The normalized spacial score (nSPS) is 11.6. The van der Waals surface area contributed by atoms with Crippen molar-refractivity contribution in [3.63, 3.8) is 0 Å². The lowest BCUT2D eigenvalue weighted by atomic mass is 10.0. The zero-order valence-corrected chi connectivity index (χ0v) is 16.2. The Bertz CT molecular complexity index is 1050. The number of ketones is 1. The predicted octanol–water partition coefficient (Wildman–Crippen LogP) is 2.87. The fourth-order valence-electron chi connectivity index (χ4n) is 2.67. The summed E-state index contributed by atoms with van der Waals surface area (Å²) in [6.07, 6.45) is 1.49. The maximum absolute atomic E-state index is 12.8. The van der Waals surface area contributed by atoms with Crippen LogP contribution in [-0.4, -0.2) is 41.7 Å². The standard InChI is InChI=1S/C20H17ClN4O4/c1-28-9-7-23-20(27)15(12-22)19(26)16-11-17(18-6-3-8-29-18)25(24-16)14-5-2-4-13(21)10-14/h2-6,8,10-11,15H,7,9H2,1H3,(H,23,27). The van der Waals surface area contributed by atoms with Crippen LogP contribution in [0, 0.1) is 17.2 Å². The number of furan rings is 1. The van der Waals surface area contributed by atoms with E-state index in [1.54, 1.807) is 42.5 Å². The molecule has 0 aliphatic rings. The molecule has 0 aliphatic carbocycles. The molecule has 3 rings (SSSR count). The van der Waals surface area contributed by atoms with Gasteiger partial charge in [-0.1, -0.05) is 17.7 Å². The molecule has 1 aromatic carbocycles. The first-order chi connectivity index (χ1) is 14.0. The number of nitrogens with zero attached hydrogens (tertiary/aromatic N) is 3. The smallest absolute Gasteiger partial charge is 0.245 e. The number of ether oxygens (including phenoxy) is 1. The molecule has 9 heteroatoms. The van der Waals surface area contributed by atoms with E-state index in [0.29, 0.717) is 22.2 Å². The van der Waals surface area contributed by atoms with E-state index in [9.17, 15) is 14.9 Å². The van der Waals surface area contributed by atoms with Gasteiger partial charge in [-0.3, -0.25) is 9.59 Å². The van der Waals surface area contributed by atoms with Crippen LogP contribution < -0.4 is 5.32 Å². The molecule has 1 N–H and O–H groups in total. The van der Waals surface area contributed by atoms with E-state index in [-0.39, 0.29) is 18.8 Å². The predicted molar refractivity (Wildman–Crippen MR) is 105 cm³/mol. The summed E-state index contributed by atoms with van der Waals surface area (Å²) < 4.78 is 11.8. The molecule has 3 aromatic rings. The first kappa shape index (κ1) is 20.3. The van der Waals surface area contributed by atoms with Crippen LogP contribution >= 0.6 is 11.6 Å². The highest BCUT2D eigenvalue weighted by Gasteiger charge is 2.30. The number of nitrogens with one attached hydrogen (secondary N) is 1. The van der Waals surface area contributed by atoms with Crippen LogP contribution in [0.15, 0.2) is 53.1 Å². The van der Waals surface area contributed by atoms with Crippen molar-refractivity contribution >= 4 is 23.3 Å². The van der Waals surface area contributed by atoms with E-state index in [0.717, 1.165) is 0 Å². The number of aromatic nitrogens is 2. The second-order valence-corrected chi connectivity index (χ2v) is 6.43. The van der Waals surface area contributed by atoms with Crippen LogP contribution in [-0.2, 0) is 9.53 Å². The van der Waals surface area contributed by atoms with Crippen LogP contribution in [0.5, 0.6) is 0 Å². The molecule has 1 atom stereocenters. The average molecular weight is 413 g/mol. The van der Waals surface area contributed by atoms with Crippen molar-refractivity contribution in [2.24, 2.45) is 5.92 Å². The van der Waals surface area contributed by atoms with Crippen LogP contribution in [0.3, 0.4) is 0 Å². The third-order valence-electron chi connectivity index (χ3n) is 4.05. The van der Waals surface area contributed by atoms with Gasteiger partial charge in [0.1, 0.15) is 11.4 Å².